The largest absolute Gasteiger partial charge is 0.324 e. The van der Waals surface area contributed by atoms with Crippen LogP contribution in [0, 0.1) is 6.92 Å². The third-order valence-electron chi connectivity index (χ3n) is 2.75. The zero-order valence-electron chi connectivity index (χ0n) is 10.4. The van der Waals surface area contributed by atoms with E-state index in [4.69, 9.17) is 5.84 Å². The second-order valence-electron chi connectivity index (χ2n) is 4.14. The van der Waals surface area contributed by atoms with E-state index in [2.05, 4.69) is 26.7 Å². The molecule has 19 heavy (non-hydrogen) atoms. The Bertz CT molecular complexity index is 596. The first-order valence-electron chi connectivity index (χ1n) is 5.74. The van der Waals surface area contributed by atoms with Crippen LogP contribution in [0.4, 0.5) is 11.4 Å². The van der Waals surface area contributed by atoms with Gasteiger partial charge in [-0.15, -0.1) is 0 Å². The summed E-state index contributed by atoms with van der Waals surface area (Å²) in [5.41, 5.74) is 5.66. The van der Waals surface area contributed by atoms with Crippen molar-refractivity contribution < 1.29 is 4.79 Å². The molecule has 0 radical (unpaired) electrons. The van der Waals surface area contributed by atoms with Crippen LogP contribution in [0.25, 0.3) is 0 Å². The van der Waals surface area contributed by atoms with Crippen LogP contribution in [0.1, 0.15) is 15.9 Å². The number of carbonyl (C=O) groups is 1. The molecule has 2 aromatic rings. The number of nitrogens with two attached hydrogens (primary N) is 1. The maximum absolute atomic E-state index is 12.1. The van der Waals surface area contributed by atoms with Crippen LogP contribution in [-0.2, 0) is 0 Å². The number of aryl methyl sites for hydroxylation is 1. The van der Waals surface area contributed by atoms with Crippen molar-refractivity contribution in [3.05, 3.63) is 58.1 Å². The highest BCUT2D eigenvalue weighted by Crippen LogP contribution is 2.18. The first-order chi connectivity index (χ1) is 9.10. The third-order valence-corrected chi connectivity index (χ3v) is 3.27. The smallest absolute Gasteiger partial charge is 0.255 e. The molecule has 2 rings (SSSR count). The molecule has 2 aromatic carbocycles. The molecule has 0 bridgehead atoms. The molecule has 0 heterocycles. The number of hydrazine groups is 1. The summed E-state index contributed by atoms with van der Waals surface area (Å²) in [5.74, 6) is 5.22. The number of hydrogen-bond donors (Lipinski definition) is 3. The van der Waals surface area contributed by atoms with Crippen molar-refractivity contribution in [2.75, 3.05) is 10.7 Å². The monoisotopic (exact) mass is 319 g/mol. The molecule has 0 saturated carbocycles. The highest BCUT2D eigenvalue weighted by molar-refractivity contribution is 9.10. The van der Waals surface area contributed by atoms with Gasteiger partial charge >= 0.3 is 0 Å². The molecule has 0 unspecified atom stereocenters. The molecule has 4 nitrogen and oxygen atoms in total. The lowest BCUT2D eigenvalue weighted by Crippen LogP contribution is -2.13. The number of benzene rings is 2. The van der Waals surface area contributed by atoms with Crippen molar-refractivity contribution in [3.63, 3.8) is 0 Å². The van der Waals surface area contributed by atoms with Crippen molar-refractivity contribution in [2.45, 2.75) is 6.92 Å². The van der Waals surface area contributed by atoms with Gasteiger partial charge in [0, 0.05) is 15.7 Å². The maximum Gasteiger partial charge on any atom is 0.255 e. The SMILES string of the molecule is Cc1cc(C(=O)Nc2ccc(Br)cc2)ccc1NN. The predicted molar refractivity (Wildman–Crippen MR) is 81.1 cm³/mol. The summed E-state index contributed by atoms with van der Waals surface area (Å²) >= 11 is 3.35. The van der Waals surface area contributed by atoms with Gasteiger partial charge in [0.05, 0.1) is 5.69 Å². The highest BCUT2D eigenvalue weighted by atomic mass is 79.9. The highest BCUT2D eigenvalue weighted by Gasteiger charge is 2.07. The van der Waals surface area contributed by atoms with Gasteiger partial charge in [0.1, 0.15) is 0 Å². The van der Waals surface area contributed by atoms with Gasteiger partial charge < -0.3 is 10.7 Å². The standard InChI is InChI=1S/C14H14BrN3O/c1-9-8-10(2-7-13(9)18-16)14(19)17-12-5-3-11(15)4-6-12/h2-8,18H,16H2,1H3,(H,17,19). The molecule has 98 valence electrons. The Morgan fingerprint density at radius 3 is 2.42 bits per heavy atom. The summed E-state index contributed by atoms with van der Waals surface area (Å²) in [4.78, 5) is 12.1. The predicted octanol–water partition coefficient (Wildman–Crippen LogP) is 3.30. The number of halogens is 1. The molecular weight excluding hydrogens is 306 g/mol. The lowest BCUT2D eigenvalue weighted by Gasteiger charge is -2.08. The minimum atomic E-state index is -0.144. The molecular formula is C14H14BrN3O. The second-order valence-corrected chi connectivity index (χ2v) is 5.05. The van der Waals surface area contributed by atoms with E-state index in [-0.39, 0.29) is 5.91 Å². The van der Waals surface area contributed by atoms with Gasteiger partial charge in [-0.2, -0.15) is 0 Å². The maximum atomic E-state index is 12.1. The first kappa shape index (κ1) is 13.6. The number of carbonyl (C=O) groups excluding carboxylic acids is 1. The van der Waals surface area contributed by atoms with Gasteiger partial charge in [-0.3, -0.25) is 10.6 Å². The van der Waals surface area contributed by atoms with Crippen molar-refractivity contribution in [2.24, 2.45) is 5.84 Å². The molecule has 0 aliphatic rings. The van der Waals surface area contributed by atoms with Gasteiger partial charge in [0.25, 0.3) is 5.91 Å². The van der Waals surface area contributed by atoms with Gasteiger partial charge in [-0.1, -0.05) is 15.9 Å². The van der Waals surface area contributed by atoms with Crippen LogP contribution in [0.2, 0.25) is 0 Å². The van der Waals surface area contributed by atoms with E-state index < -0.39 is 0 Å². The van der Waals surface area contributed by atoms with E-state index in [9.17, 15) is 4.79 Å². The summed E-state index contributed by atoms with van der Waals surface area (Å²) in [6.45, 7) is 1.89. The Morgan fingerprint density at radius 2 is 1.84 bits per heavy atom. The number of hydrogen-bond acceptors (Lipinski definition) is 3. The second kappa shape index (κ2) is 5.86. The van der Waals surface area contributed by atoms with Crippen molar-refractivity contribution in [3.8, 4) is 0 Å². The number of nitrogen functional groups attached to an aromatic ring is 1. The van der Waals surface area contributed by atoms with Crippen LogP contribution >= 0.6 is 15.9 Å². The minimum Gasteiger partial charge on any atom is -0.324 e. The van der Waals surface area contributed by atoms with Crippen LogP contribution in [0.15, 0.2) is 46.9 Å². The molecule has 0 spiro atoms. The zero-order chi connectivity index (χ0) is 13.8. The molecule has 0 aromatic heterocycles. The van der Waals surface area contributed by atoms with Crippen molar-refractivity contribution in [1.29, 1.82) is 0 Å². The Labute approximate surface area is 120 Å². The molecule has 5 heteroatoms. The quantitative estimate of drug-likeness (QED) is 0.600. The summed E-state index contributed by atoms with van der Waals surface area (Å²) in [6, 6.07) is 12.7. The van der Waals surface area contributed by atoms with E-state index in [0.29, 0.717) is 5.56 Å². The number of anilines is 2. The topological polar surface area (TPSA) is 67.2 Å². The number of rotatable bonds is 3. The van der Waals surface area contributed by atoms with Gasteiger partial charge in [0.2, 0.25) is 0 Å². The molecule has 0 atom stereocenters. The Hall–Kier alpha value is -1.85. The van der Waals surface area contributed by atoms with Crippen LogP contribution in [0.5, 0.6) is 0 Å². The molecule has 0 fully saturated rings. The summed E-state index contributed by atoms with van der Waals surface area (Å²) in [5, 5.41) is 2.84. The lowest BCUT2D eigenvalue weighted by molar-refractivity contribution is 0.102. The van der Waals surface area contributed by atoms with Crippen molar-refractivity contribution in [1.82, 2.24) is 0 Å². The van der Waals surface area contributed by atoms with Crippen molar-refractivity contribution >= 4 is 33.2 Å². The fourth-order valence-electron chi connectivity index (χ4n) is 1.70. The molecule has 1 amide bonds. The fourth-order valence-corrected chi connectivity index (χ4v) is 1.97. The van der Waals surface area contributed by atoms with E-state index in [1.54, 1.807) is 18.2 Å². The summed E-state index contributed by atoms with van der Waals surface area (Å²) in [7, 11) is 0. The van der Waals surface area contributed by atoms with E-state index in [0.717, 1.165) is 21.4 Å². The average Bonchev–Trinajstić information content (AvgIpc) is 2.41. The lowest BCUT2D eigenvalue weighted by atomic mass is 10.1. The Balaban J connectivity index is 2.16. The van der Waals surface area contributed by atoms with Crippen LogP contribution < -0.4 is 16.6 Å². The van der Waals surface area contributed by atoms with Gasteiger partial charge in [-0.25, -0.2) is 0 Å². The minimum absolute atomic E-state index is 0.144. The first-order valence-corrected chi connectivity index (χ1v) is 6.53. The molecule has 0 aliphatic heterocycles. The number of nitrogens with one attached hydrogen (secondary N) is 2. The normalized spacial score (nSPS) is 10.1. The molecule has 0 saturated heterocycles. The van der Waals surface area contributed by atoms with E-state index in [1.807, 2.05) is 31.2 Å². The average molecular weight is 320 g/mol. The van der Waals surface area contributed by atoms with E-state index in [1.165, 1.54) is 0 Å². The van der Waals surface area contributed by atoms with Gasteiger partial charge in [0.15, 0.2) is 0 Å². The van der Waals surface area contributed by atoms with Gasteiger partial charge in [-0.05, 0) is 55.0 Å². The third kappa shape index (κ3) is 3.33. The molecule has 0 aliphatic carbocycles. The Kier molecular flexibility index (Phi) is 4.19. The summed E-state index contributed by atoms with van der Waals surface area (Å²) in [6.07, 6.45) is 0. The van der Waals surface area contributed by atoms with E-state index >= 15 is 0 Å². The Morgan fingerprint density at radius 1 is 1.16 bits per heavy atom. The molecule has 4 N–H and O–H groups in total. The summed E-state index contributed by atoms with van der Waals surface area (Å²) < 4.78 is 0.972. The van der Waals surface area contributed by atoms with Crippen LogP contribution in [-0.4, -0.2) is 5.91 Å². The zero-order valence-corrected chi connectivity index (χ0v) is 12.0. The van der Waals surface area contributed by atoms with Crippen LogP contribution in [0.3, 0.4) is 0 Å². The fraction of sp³-hybridized carbons (Fsp3) is 0.0714. The number of amides is 1.